The van der Waals surface area contributed by atoms with Crippen LogP contribution in [0, 0.1) is 0 Å². The van der Waals surface area contributed by atoms with Gasteiger partial charge in [-0.25, -0.2) is 0 Å². The van der Waals surface area contributed by atoms with Gasteiger partial charge in [-0.2, -0.15) is 0 Å². The van der Waals surface area contributed by atoms with E-state index in [1.54, 1.807) is 30.1 Å². The fourth-order valence-electron chi connectivity index (χ4n) is 1.48. The summed E-state index contributed by atoms with van der Waals surface area (Å²) in [5.41, 5.74) is 0.575. The Kier molecular flexibility index (Phi) is 6.78. The highest BCUT2D eigenvalue weighted by Crippen LogP contribution is 2.24. The van der Waals surface area contributed by atoms with Crippen LogP contribution in [-0.2, 0) is 14.3 Å². The van der Waals surface area contributed by atoms with E-state index in [1.165, 1.54) is 7.11 Å². The van der Waals surface area contributed by atoms with E-state index in [9.17, 15) is 9.59 Å². The summed E-state index contributed by atoms with van der Waals surface area (Å²) >= 11 is 11.6. The lowest BCUT2D eigenvalue weighted by Crippen LogP contribution is -2.31. The van der Waals surface area contributed by atoms with Crippen molar-refractivity contribution in [3.8, 4) is 0 Å². The molecule has 0 heterocycles. The molecule has 0 saturated heterocycles. The van der Waals surface area contributed by atoms with Crippen molar-refractivity contribution in [1.29, 1.82) is 0 Å². The highest BCUT2D eigenvalue weighted by Gasteiger charge is 2.09. The highest BCUT2D eigenvalue weighted by atomic mass is 35.5. The molecular formula is C13H16Cl2N2O3. The largest absolute Gasteiger partial charge is 0.469 e. The number of rotatable bonds is 6. The van der Waals surface area contributed by atoms with E-state index in [0.717, 1.165) is 0 Å². The Morgan fingerprint density at radius 3 is 2.60 bits per heavy atom. The van der Waals surface area contributed by atoms with Crippen molar-refractivity contribution in [3.05, 3.63) is 28.2 Å². The van der Waals surface area contributed by atoms with Crippen LogP contribution in [0.5, 0.6) is 0 Å². The van der Waals surface area contributed by atoms with Crippen molar-refractivity contribution in [2.45, 2.75) is 6.42 Å². The van der Waals surface area contributed by atoms with Crippen molar-refractivity contribution in [2.75, 3.05) is 32.6 Å². The third-order valence-electron chi connectivity index (χ3n) is 2.54. The molecule has 0 bridgehead atoms. The zero-order valence-corrected chi connectivity index (χ0v) is 12.8. The number of carbonyl (C=O) groups is 2. The SMILES string of the molecule is COC(=O)CCN(C)CC(=O)Nc1ccc(Cl)c(Cl)c1. The van der Waals surface area contributed by atoms with Gasteiger partial charge in [0.1, 0.15) is 0 Å². The number of carbonyl (C=O) groups excluding carboxylic acids is 2. The second-order valence-corrected chi connectivity index (χ2v) is 5.06. The first-order valence-electron chi connectivity index (χ1n) is 5.92. The van der Waals surface area contributed by atoms with E-state index in [0.29, 0.717) is 22.3 Å². The predicted octanol–water partition coefficient (Wildman–Crippen LogP) is 2.43. The molecule has 1 rings (SSSR count). The monoisotopic (exact) mass is 318 g/mol. The molecule has 7 heteroatoms. The van der Waals surface area contributed by atoms with Gasteiger partial charge < -0.3 is 10.1 Å². The third kappa shape index (κ3) is 5.77. The number of halogens is 2. The number of anilines is 1. The summed E-state index contributed by atoms with van der Waals surface area (Å²) in [6, 6.07) is 4.86. The normalized spacial score (nSPS) is 10.4. The number of methoxy groups -OCH3 is 1. The number of ether oxygens (including phenoxy) is 1. The summed E-state index contributed by atoms with van der Waals surface area (Å²) in [6.07, 6.45) is 0.243. The first kappa shape index (κ1) is 16.8. The Bertz CT molecular complexity index is 495. The zero-order valence-electron chi connectivity index (χ0n) is 11.3. The second kappa shape index (κ2) is 8.09. The molecule has 20 heavy (non-hydrogen) atoms. The molecule has 0 unspecified atom stereocenters. The quantitative estimate of drug-likeness (QED) is 0.818. The summed E-state index contributed by atoms with van der Waals surface area (Å²) < 4.78 is 4.53. The van der Waals surface area contributed by atoms with Gasteiger partial charge in [-0.15, -0.1) is 0 Å². The average Bonchev–Trinajstić information content (AvgIpc) is 2.40. The van der Waals surface area contributed by atoms with Crippen LogP contribution in [-0.4, -0.2) is 44.0 Å². The molecule has 0 aromatic heterocycles. The maximum Gasteiger partial charge on any atom is 0.306 e. The summed E-state index contributed by atoms with van der Waals surface area (Å²) in [4.78, 5) is 24.5. The molecule has 1 N–H and O–H groups in total. The summed E-state index contributed by atoms with van der Waals surface area (Å²) in [5.74, 6) is -0.502. The van der Waals surface area contributed by atoms with E-state index in [1.807, 2.05) is 0 Å². The molecule has 5 nitrogen and oxygen atoms in total. The summed E-state index contributed by atoms with van der Waals surface area (Å²) in [6.45, 7) is 0.610. The lowest BCUT2D eigenvalue weighted by Gasteiger charge is -2.15. The molecule has 0 fully saturated rings. The van der Waals surface area contributed by atoms with E-state index < -0.39 is 0 Å². The topological polar surface area (TPSA) is 58.6 Å². The van der Waals surface area contributed by atoms with Gasteiger partial charge in [0.25, 0.3) is 0 Å². The molecule has 0 atom stereocenters. The standard InChI is InChI=1S/C13H16Cl2N2O3/c1-17(6-5-13(19)20-2)8-12(18)16-9-3-4-10(14)11(15)7-9/h3-4,7H,5-6,8H2,1-2H3,(H,16,18). The van der Waals surface area contributed by atoms with Gasteiger partial charge in [-0.05, 0) is 25.2 Å². The van der Waals surface area contributed by atoms with Crippen LogP contribution < -0.4 is 5.32 Å². The molecule has 0 saturated carbocycles. The number of nitrogens with zero attached hydrogens (tertiary/aromatic N) is 1. The number of likely N-dealkylation sites (N-methyl/N-ethyl adjacent to an activating group) is 1. The predicted molar refractivity (Wildman–Crippen MR) is 79.2 cm³/mol. The van der Waals surface area contributed by atoms with Crippen LogP contribution in [0.3, 0.4) is 0 Å². The van der Waals surface area contributed by atoms with Gasteiger partial charge in [-0.1, -0.05) is 23.2 Å². The molecule has 1 amide bonds. The van der Waals surface area contributed by atoms with E-state index in [2.05, 4.69) is 10.1 Å². The number of hydrogen-bond acceptors (Lipinski definition) is 4. The maximum atomic E-state index is 11.8. The van der Waals surface area contributed by atoms with Gasteiger partial charge in [0.15, 0.2) is 0 Å². The minimum absolute atomic E-state index is 0.164. The molecule has 0 spiro atoms. The lowest BCUT2D eigenvalue weighted by molar-refractivity contribution is -0.141. The van der Waals surface area contributed by atoms with Crippen LogP contribution in [0.1, 0.15) is 6.42 Å². The maximum absolute atomic E-state index is 11.8. The van der Waals surface area contributed by atoms with Crippen molar-refractivity contribution in [2.24, 2.45) is 0 Å². The number of hydrogen-bond donors (Lipinski definition) is 1. The average molecular weight is 319 g/mol. The molecule has 0 radical (unpaired) electrons. The number of benzene rings is 1. The smallest absolute Gasteiger partial charge is 0.306 e. The van der Waals surface area contributed by atoms with Crippen LogP contribution in [0.15, 0.2) is 18.2 Å². The van der Waals surface area contributed by atoms with E-state index in [-0.39, 0.29) is 24.8 Å². The fraction of sp³-hybridized carbons (Fsp3) is 0.385. The number of esters is 1. The molecule has 0 aliphatic heterocycles. The van der Waals surface area contributed by atoms with Crippen molar-refractivity contribution in [3.63, 3.8) is 0 Å². The molecule has 1 aromatic carbocycles. The Morgan fingerprint density at radius 2 is 2.00 bits per heavy atom. The fourth-order valence-corrected chi connectivity index (χ4v) is 1.78. The zero-order chi connectivity index (χ0) is 15.1. The van der Waals surface area contributed by atoms with Gasteiger partial charge in [-0.3, -0.25) is 14.5 Å². The minimum atomic E-state index is -0.304. The number of amides is 1. The molecule has 0 aliphatic rings. The Balaban J connectivity index is 2.42. The van der Waals surface area contributed by atoms with Crippen LogP contribution in [0.4, 0.5) is 5.69 Å². The summed E-state index contributed by atoms with van der Waals surface area (Å²) in [7, 11) is 3.08. The van der Waals surface area contributed by atoms with Gasteiger partial charge in [0.2, 0.25) is 5.91 Å². The minimum Gasteiger partial charge on any atom is -0.469 e. The number of nitrogens with one attached hydrogen (secondary N) is 1. The highest BCUT2D eigenvalue weighted by molar-refractivity contribution is 6.42. The Hall–Kier alpha value is -1.30. The molecule has 0 aliphatic carbocycles. The van der Waals surface area contributed by atoms with Crippen LogP contribution in [0.2, 0.25) is 10.0 Å². The second-order valence-electron chi connectivity index (χ2n) is 4.24. The van der Waals surface area contributed by atoms with Crippen LogP contribution >= 0.6 is 23.2 Å². The lowest BCUT2D eigenvalue weighted by atomic mass is 10.3. The van der Waals surface area contributed by atoms with Crippen LogP contribution in [0.25, 0.3) is 0 Å². The van der Waals surface area contributed by atoms with E-state index in [4.69, 9.17) is 23.2 Å². The first-order valence-corrected chi connectivity index (χ1v) is 6.68. The Morgan fingerprint density at radius 1 is 1.30 bits per heavy atom. The molecule has 1 aromatic rings. The van der Waals surface area contributed by atoms with Gasteiger partial charge in [0, 0.05) is 12.2 Å². The Labute approximate surface area is 127 Å². The van der Waals surface area contributed by atoms with Crippen molar-refractivity contribution in [1.82, 2.24) is 4.90 Å². The van der Waals surface area contributed by atoms with Crippen molar-refractivity contribution < 1.29 is 14.3 Å². The molecular weight excluding hydrogens is 303 g/mol. The van der Waals surface area contributed by atoms with E-state index >= 15 is 0 Å². The van der Waals surface area contributed by atoms with Gasteiger partial charge in [0.05, 0.1) is 30.1 Å². The summed E-state index contributed by atoms with van der Waals surface area (Å²) in [5, 5.41) is 3.51. The van der Waals surface area contributed by atoms with Crippen molar-refractivity contribution >= 4 is 40.8 Å². The first-order chi connectivity index (χ1) is 9.42. The van der Waals surface area contributed by atoms with Gasteiger partial charge >= 0.3 is 5.97 Å². The molecule has 110 valence electrons. The third-order valence-corrected chi connectivity index (χ3v) is 3.28.